The van der Waals surface area contributed by atoms with Crippen LogP contribution >= 0.6 is 0 Å². The highest BCUT2D eigenvalue weighted by Gasteiger charge is 2.90. The molecule has 8 unspecified atom stereocenters. The Morgan fingerprint density at radius 1 is 0.279 bits per heavy atom. The summed E-state index contributed by atoms with van der Waals surface area (Å²) >= 11 is 0. The minimum atomic E-state index is -7.88. The second-order valence-corrected chi connectivity index (χ2v) is 74.7. The summed E-state index contributed by atoms with van der Waals surface area (Å²) in [5.41, 5.74) is 8.52. The van der Waals surface area contributed by atoms with E-state index in [2.05, 4.69) is 125 Å². The monoisotopic (exact) mass is 2070 g/mol. The van der Waals surface area contributed by atoms with Crippen molar-refractivity contribution in [2.24, 2.45) is 0 Å². The fourth-order valence-corrected chi connectivity index (χ4v) is 50.1. The van der Waals surface area contributed by atoms with Crippen molar-refractivity contribution in [1.82, 2.24) is 0 Å². The van der Waals surface area contributed by atoms with Crippen LogP contribution < -0.4 is 0 Å². The van der Waals surface area contributed by atoms with Gasteiger partial charge in [-0.05, 0) is 234 Å². The zero-order chi connectivity index (χ0) is 102. The zero-order valence-corrected chi connectivity index (χ0v) is 96.8. The number of rotatable bonds is 77. The van der Waals surface area contributed by atoms with Crippen LogP contribution in [0.2, 0.25) is 135 Å². The molecule has 8 atom stereocenters. The molecule has 29 heteroatoms. The summed E-state index contributed by atoms with van der Waals surface area (Å²) in [5, 5.41) is 39.1. The third-order valence-corrected chi connectivity index (χ3v) is 60.8. The molecule has 0 aromatic heterocycles. The van der Waals surface area contributed by atoms with Gasteiger partial charge in [-0.15, -0.1) is 0 Å². The normalized spacial score (nSPS) is 15.3. The van der Waals surface area contributed by atoms with E-state index in [1.54, 1.807) is 36.4 Å². The average molecular weight is 2080 g/mol. The second kappa shape index (κ2) is 63.2. The molecule has 4 N–H and O–H groups in total. The number of phenols is 4. The number of benzene rings is 4. The van der Waals surface area contributed by atoms with E-state index in [9.17, 15) is 68.7 Å². The maximum atomic E-state index is 15.0. The van der Waals surface area contributed by atoms with E-state index in [0.29, 0.717) is 64.9 Å². The van der Waals surface area contributed by atoms with E-state index in [4.69, 9.17) is 17.1 Å². The molecule has 0 bridgehead atoms. The summed E-state index contributed by atoms with van der Waals surface area (Å²) in [6.45, 7) is 40.7. The van der Waals surface area contributed by atoms with E-state index >= 15 is 8.78 Å². The SMILES string of the molecule is CCCC(CCC(CCCCCCCCc1cccc(O)c1)[Si](C)(C)O[Si](C)(C)C(CCC)CCC(CCCCCCCCc1cccc(O)c1)[SiH2]CCC(F)(F)C(F)(F)C(F)(F)C(F)(F)C(F)(F)C(F)(F)F)[SiH2]C.CCCC(CCC(CCCCCCCCc1cccc(O)c1)[Si](C)(C)O[Si](C)(C)C(CCC)CCC(CCCCCCCCc1cccc(O)c1)[Si](C)(C)OC)[Si](C)(C)OC. The Bertz CT molecular complexity index is 3810. The summed E-state index contributed by atoms with van der Waals surface area (Å²) in [4.78, 5) is 0. The Morgan fingerprint density at radius 3 is 0.794 bits per heavy atom. The lowest BCUT2D eigenvalue weighted by molar-refractivity contribution is -0.439. The van der Waals surface area contributed by atoms with Crippen molar-refractivity contribution < 1.29 is 94.6 Å². The maximum Gasteiger partial charge on any atom is 0.460 e. The second-order valence-electron chi connectivity index (χ2n) is 43.7. The van der Waals surface area contributed by atoms with Crippen LogP contribution in [-0.2, 0) is 42.8 Å². The summed E-state index contributed by atoms with van der Waals surface area (Å²) in [6.07, 6.45) is 43.4. The van der Waals surface area contributed by atoms with Gasteiger partial charge < -0.3 is 37.5 Å². The third kappa shape index (κ3) is 45.2. The Labute approximate surface area is 828 Å². The van der Waals surface area contributed by atoms with Crippen molar-refractivity contribution >= 4 is 68.9 Å². The molecule has 0 aliphatic rings. The lowest BCUT2D eigenvalue weighted by Gasteiger charge is -2.44. The lowest BCUT2D eigenvalue weighted by atomic mass is 9.93. The molecule has 0 radical (unpaired) electrons. The van der Waals surface area contributed by atoms with Crippen LogP contribution in [0.4, 0.5) is 57.1 Å². The first-order chi connectivity index (χ1) is 63.7. The van der Waals surface area contributed by atoms with Crippen molar-refractivity contribution in [3.63, 3.8) is 0 Å². The minimum Gasteiger partial charge on any atom is -0.508 e. The molecule has 0 spiro atoms. The van der Waals surface area contributed by atoms with Gasteiger partial charge in [0.25, 0.3) is 0 Å². The number of alkyl halides is 13. The predicted octanol–water partition coefficient (Wildman–Crippen LogP) is 36.3. The number of phenolic OH excluding ortho intramolecular Hbond substituents is 4. The fraction of sp³-hybridized carbons (Fsp3) is 0.776. The molecule has 0 saturated carbocycles. The average Bonchev–Trinajstić information content (AvgIpc) is 0.709. The van der Waals surface area contributed by atoms with Crippen molar-refractivity contribution in [2.75, 3.05) is 14.2 Å². The highest BCUT2D eigenvalue weighted by atomic mass is 28.4. The summed E-state index contributed by atoms with van der Waals surface area (Å²) in [5.74, 6) is -35.4. The molecule has 0 saturated heterocycles. The largest absolute Gasteiger partial charge is 0.508 e. The van der Waals surface area contributed by atoms with Gasteiger partial charge in [-0.2, -0.15) is 57.1 Å². The molecular formula is C107H189F13O8Si8. The lowest BCUT2D eigenvalue weighted by Crippen LogP contribution is -2.70. The Morgan fingerprint density at radius 2 is 0.522 bits per heavy atom. The van der Waals surface area contributed by atoms with Crippen molar-refractivity contribution in [2.45, 2.75) is 514 Å². The molecule has 4 rings (SSSR count). The van der Waals surface area contributed by atoms with E-state index in [-0.39, 0.29) is 32.1 Å². The van der Waals surface area contributed by atoms with Gasteiger partial charge in [0, 0.05) is 39.7 Å². The van der Waals surface area contributed by atoms with Gasteiger partial charge in [0.2, 0.25) is 0 Å². The third-order valence-electron chi connectivity index (χ3n) is 30.6. The molecule has 4 aromatic carbocycles. The molecule has 4 aromatic rings. The molecule has 136 heavy (non-hydrogen) atoms. The first-order valence-electron chi connectivity index (χ1n) is 53.3. The van der Waals surface area contributed by atoms with Gasteiger partial charge in [0.05, 0.1) is 0 Å². The Kier molecular flexibility index (Phi) is 59.0. The topological polar surface area (TPSA) is 118 Å². The van der Waals surface area contributed by atoms with E-state index in [1.165, 1.54) is 165 Å². The van der Waals surface area contributed by atoms with Gasteiger partial charge in [-0.25, -0.2) is 0 Å². The van der Waals surface area contributed by atoms with Crippen molar-refractivity contribution in [1.29, 1.82) is 0 Å². The van der Waals surface area contributed by atoms with Crippen LogP contribution in [0.1, 0.15) is 339 Å². The van der Waals surface area contributed by atoms with Gasteiger partial charge in [-0.3, -0.25) is 0 Å². The number of unbranched alkanes of at least 4 members (excludes halogenated alkanes) is 20. The van der Waals surface area contributed by atoms with Crippen LogP contribution in [0, 0.1) is 0 Å². The Hall–Kier alpha value is -3.25. The van der Waals surface area contributed by atoms with Gasteiger partial charge in [-0.1, -0.05) is 357 Å². The number of hydrogen-bond acceptors (Lipinski definition) is 8. The van der Waals surface area contributed by atoms with E-state index in [1.807, 2.05) is 62.8 Å². The van der Waals surface area contributed by atoms with Crippen LogP contribution in [0.15, 0.2) is 97.1 Å². The summed E-state index contributed by atoms with van der Waals surface area (Å²) in [7, 11) is -10.5. The maximum absolute atomic E-state index is 15.0. The molecule has 0 amide bonds. The standard InChI is InChI=1S/C55H91F13O3Si4.C52H98O5Si4/c1-8-24-46(72-3)34-36-49(33-21-17-13-11-15-19-27-43-29-23-31-45(70)41-43)75(6,7)71-74(4,5)48(25-9-2)37-35-47(32-20-16-12-10-14-18-26-42-28-22-30-44(69)40-42)73-39-38-50(56,57)51(58,59)52(60,61)53(62,63)54(64,65)55(66,67)68;1-13-29-49(58(5,6)55-3)39-42-52(38-26-22-18-16-20-24-32-46-34-28-36-48(54)44-46)61(11,12)57-60(9,10)50(30-14-2)40-41-51(59(7,8)56-4)37-25-21-17-15-19-23-31-45-33-27-35-47(53)43-45/h22-23,28-31,40-41,46-49,69-70H,8-21,24-27,32-39,72-73H2,1-7H3;27-28,33-36,43-44,49-54H,13-26,29-32,37-42H2,1-12H3. The highest BCUT2D eigenvalue weighted by Crippen LogP contribution is 2.61. The molecular weight excluding hydrogens is 1880 g/mol. The molecule has 0 heterocycles. The van der Waals surface area contributed by atoms with Crippen LogP contribution in [0.3, 0.4) is 0 Å². The van der Waals surface area contributed by atoms with Gasteiger partial charge in [0.1, 0.15) is 23.0 Å². The molecule has 0 fully saturated rings. The highest BCUT2D eigenvalue weighted by molar-refractivity contribution is 6.87. The number of aromatic hydroxyl groups is 4. The minimum absolute atomic E-state index is 0.135. The van der Waals surface area contributed by atoms with E-state index < -0.39 is 108 Å². The van der Waals surface area contributed by atoms with Gasteiger partial charge in [0.15, 0.2) is 49.9 Å². The van der Waals surface area contributed by atoms with E-state index in [0.717, 1.165) is 145 Å². The number of halogens is 13. The first-order valence-corrected chi connectivity index (χ1v) is 75.3. The van der Waals surface area contributed by atoms with Crippen molar-refractivity contribution in [3.8, 4) is 23.0 Å². The van der Waals surface area contributed by atoms with Crippen LogP contribution in [0.5, 0.6) is 23.0 Å². The first kappa shape index (κ1) is 127. The predicted molar refractivity (Wildman–Crippen MR) is 567 cm³/mol. The van der Waals surface area contributed by atoms with Crippen LogP contribution in [0.25, 0.3) is 0 Å². The molecule has 0 aliphatic heterocycles. The smallest absolute Gasteiger partial charge is 0.460 e. The molecule has 788 valence electrons. The Balaban J connectivity index is 0.000000715. The zero-order valence-electron chi connectivity index (χ0n) is 88.0. The van der Waals surface area contributed by atoms with Crippen molar-refractivity contribution in [3.05, 3.63) is 119 Å². The van der Waals surface area contributed by atoms with Gasteiger partial charge >= 0.3 is 35.8 Å². The molecule has 0 aliphatic carbocycles. The number of hydrogen-bond donors (Lipinski definition) is 4. The summed E-state index contributed by atoms with van der Waals surface area (Å²) in [6, 6.07) is 29.2. The quantitative estimate of drug-likeness (QED) is 0.0196. The fourth-order valence-electron chi connectivity index (χ4n) is 21.3. The molecule has 8 nitrogen and oxygen atoms in total. The van der Waals surface area contributed by atoms with Crippen LogP contribution in [-0.4, -0.2) is 139 Å². The summed E-state index contributed by atoms with van der Waals surface area (Å²) < 4.78 is 209. The number of aryl methyl sites for hydroxylation is 4.